The molecule has 2 aromatic rings. The molecule has 1 atom stereocenters. The fraction of sp³-hybridized carbons (Fsp3) is 0.357. The zero-order valence-electron chi connectivity index (χ0n) is 11.0. The molecule has 0 aliphatic rings. The Hall–Kier alpha value is -1.65. The summed E-state index contributed by atoms with van der Waals surface area (Å²) in [6.07, 6.45) is 3.97. The predicted octanol–water partition coefficient (Wildman–Crippen LogP) is 1.65. The molecule has 0 fully saturated rings. The van der Waals surface area contributed by atoms with E-state index in [4.69, 9.17) is 5.73 Å². The molecule has 0 radical (unpaired) electrons. The van der Waals surface area contributed by atoms with Crippen molar-refractivity contribution < 1.29 is 0 Å². The van der Waals surface area contributed by atoms with E-state index in [1.165, 1.54) is 5.56 Å². The Labute approximate surface area is 108 Å². The molecule has 0 spiro atoms. The Bertz CT molecular complexity index is 476. The largest absolute Gasteiger partial charge is 0.327 e. The fourth-order valence-electron chi connectivity index (χ4n) is 2.03. The van der Waals surface area contributed by atoms with Crippen LogP contribution in [0, 0.1) is 0 Å². The van der Waals surface area contributed by atoms with Crippen LogP contribution in [0.1, 0.15) is 12.5 Å². The highest BCUT2D eigenvalue weighted by Crippen LogP contribution is 2.09. The van der Waals surface area contributed by atoms with E-state index < -0.39 is 0 Å². The van der Waals surface area contributed by atoms with Gasteiger partial charge in [-0.25, -0.2) is 4.68 Å². The van der Waals surface area contributed by atoms with E-state index in [0.29, 0.717) is 0 Å². The molecule has 4 heteroatoms. The van der Waals surface area contributed by atoms with Crippen LogP contribution in [0.3, 0.4) is 0 Å². The summed E-state index contributed by atoms with van der Waals surface area (Å²) >= 11 is 0. The van der Waals surface area contributed by atoms with Gasteiger partial charge in [-0.1, -0.05) is 18.2 Å². The Balaban J connectivity index is 2.03. The standard InChI is InChI=1S/C14H20N4/c1-12(15)9-17(2)10-13-8-16-18(11-13)14-6-4-3-5-7-14/h3-8,11-12H,9-10,15H2,1-2H3. The third-order valence-electron chi connectivity index (χ3n) is 2.71. The van der Waals surface area contributed by atoms with Gasteiger partial charge in [0, 0.05) is 30.9 Å². The minimum atomic E-state index is 0.194. The van der Waals surface area contributed by atoms with E-state index in [9.17, 15) is 0 Å². The van der Waals surface area contributed by atoms with E-state index in [1.807, 2.05) is 48.1 Å². The van der Waals surface area contributed by atoms with Gasteiger partial charge in [0.25, 0.3) is 0 Å². The number of benzene rings is 1. The van der Waals surface area contributed by atoms with Crippen molar-refractivity contribution in [3.63, 3.8) is 0 Å². The molecule has 0 saturated carbocycles. The topological polar surface area (TPSA) is 47.1 Å². The summed E-state index contributed by atoms with van der Waals surface area (Å²) in [6, 6.07) is 10.3. The van der Waals surface area contributed by atoms with Crippen LogP contribution in [0.5, 0.6) is 0 Å². The smallest absolute Gasteiger partial charge is 0.0645 e. The second-order valence-electron chi connectivity index (χ2n) is 4.80. The number of hydrogen-bond acceptors (Lipinski definition) is 3. The first kappa shape index (κ1) is 12.8. The van der Waals surface area contributed by atoms with Crippen molar-refractivity contribution in [3.05, 3.63) is 48.3 Å². The molecule has 0 bridgehead atoms. The third-order valence-corrected chi connectivity index (χ3v) is 2.71. The average Bonchev–Trinajstić information content (AvgIpc) is 2.77. The highest BCUT2D eigenvalue weighted by Gasteiger charge is 2.05. The van der Waals surface area contributed by atoms with Gasteiger partial charge >= 0.3 is 0 Å². The summed E-state index contributed by atoms with van der Waals surface area (Å²) in [5, 5.41) is 4.38. The van der Waals surface area contributed by atoms with E-state index in [1.54, 1.807) is 0 Å². The molecule has 0 amide bonds. The van der Waals surface area contributed by atoms with Crippen molar-refractivity contribution in [1.82, 2.24) is 14.7 Å². The molecule has 18 heavy (non-hydrogen) atoms. The molecule has 2 rings (SSSR count). The van der Waals surface area contributed by atoms with Crippen LogP contribution in [0.2, 0.25) is 0 Å². The Morgan fingerprint density at radius 1 is 1.33 bits per heavy atom. The number of aromatic nitrogens is 2. The molecule has 0 saturated heterocycles. The number of nitrogens with two attached hydrogens (primary N) is 1. The summed E-state index contributed by atoms with van der Waals surface area (Å²) in [4.78, 5) is 2.21. The minimum absolute atomic E-state index is 0.194. The van der Waals surface area contributed by atoms with Crippen LogP contribution in [0.15, 0.2) is 42.7 Å². The van der Waals surface area contributed by atoms with Crippen LogP contribution in [-0.2, 0) is 6.54 Å². The molecule has 96 valence electrons. The molecular formula is C14H20N4. The number of para-hydroxylation sites is 1. The highest BCUT2D eigenvalue weighted by atomic mass is 15.3. The fourth-order valence-corrected chi connectivity index (χ4v) is 2.03. The van der Waals surface area contributed by atoms with Crippen LogP contribution < -0.4 is 5.73 Å². The first-order chi connectivity index (χ1) is 8.65. The van der Waals surface area contributed by atoms with Gasteiger partial charge in [-0.3, -0.25) is 0 Å². The molecule has 1 heterocycles. The monoisotopic (exact) mass is 244 g/mol. The number of rotatable bonds is 5. The molecule has 1 unspecified atom stereocenters. The van der Waals surface area contributed by atoms with Gasteiger partial charge in [-0.2, -0.15) is 5.10 Å². The van der Waals surface area contributed by atoms with E-state index >= 15 is 0 Å². The van der Waals surface area contributed by atoms with Crippen molar-refractivity contribution in [2.75, 3.05) is 13.6 Å². The van der Waals surface area contributed by atoms with Crippen molar-refractivity contribution in [2.45, 2.75) is 19.5 Å². The number of hydrogen-bond donors (Lipinski definition) is 1. The maximum absolute atomic E-state index is 5.78. The van der Waals surface area contributed by atoms with Gasteiger partial charge in [0.2, 0.25) is 0 Å². The van der Waals surface area contributed by atoms with Crippen LogP contribution in [0.4, 0.5) is 0 Å². The lowest BCUT2D eigenvalue weighted by Gasteiger charge is -2.17. The highest BCUT2D eigenvalue weighted by molar-refractivity contribution is 5.30. The lowest BCUT2D eigenvalue weighted by molar-refractivity contribution is 0.310. The number of nitrogens with zero attached hydrogens (tertiary/aromatic N) is 3. The van der Waals surface area contributed by atoms with Gasteiger partial charge in [-0.05, 0) is 26.1 Å². The molecular weight excluding hydrogens is 224 g/mol. The maximum atomic E-state index is 5.78. The first-order valence-electron chi connectivity index (χ1n) is 6.18. The van der Waals surface area contributed by atoms with Crippen molar-refractivity contribution in [1.29, 1.82) is 0 Å². The van der Waals surface area contributed by atoms with Crippen LogP contribution in [-0.4, -0.2) is 34.3 Å². The molecule has 2 N–H and O–H groups in total. The average molecular weight is 244 g/mol. The lowest BCUT2D eigenvalue weighted by Crippen LogP contribution is -2.32. The second kappa shape index (κ2) is 5.80. The molecule has 1 aromatic heterocycles. The van der Waals surface area contributed by atoms with Gasteiger partial charge in [0.15, 0.2) is 0 Å². The summed E-state index contributed by atoms with van der Waals surface area (Å²) in [5.41, 5.74) is 8.06. The van der Waals surface area contributed by atoms with E-state index in [2.05, 4.69) is 23.2 Å². The molecule has 0 aliphatic heterocycles. The first-order valence-corrected chi connectivity index (χ1v) is 6.18. The second-order valence-corrected chi connectivity index (χ2v) is 4.80. The van der Waals surface area contributed by atoms with Gasteiger partial charge < -0.3 is 10.6 Å². The Morgan fingerprint density at radius 3 is 2.72 bits per heavy atom. The van der Waals surface area contributed by atoms with Crippen LogP contribution in [0.25, 0.3) is 5.69 Å². The van der Waals surface area contributed by atoms with Crippen molar-refractivity contribution >= 4 is 0 Å². The molecule has 4 nitrogen and oxygen atoms in total. The SMILES string of the molecule is CC(N)CN(C)Cc1cnn(-c2ccccc2)c1. The summed E-state index contributed by atoms with van der Waals surface area (Å²) in [6.45, 7) is 3.77. The zero-order valence-corrected chi connectivity index (χ0v) is 11.0. The van der Waals surface area contributed by atoms with E-state index in [0.717, 1.165) is 18.8 Å². The summed E-state index contributed by atoms with van der Waals surface area (Å²) < 4.78 is 1.90. The summed E-state index contributed by atoms with van der Waals surface area (Å²) in [7, 11) is 2.07. The van der Waals surface area contributed by atoms with E-state index in [-0.39, 0.29) is 6.04 Å². The quantitative estimate of drug-likeness (QED) is 0.870. The number of likely N-dealkylation sites (N-methyl/N-ethyl adjacent to an activating group) is 1. The zero-order chi connectivity index (χ0) is 13.0. The predicted molar refractivity (Wildman–Crippen MR) is 73.5 cm³/mol. The van der Waals surface area contributed by atoms with Gasteiger partial charge in [0.1, 0.15) is 0 Å². The van der Waals surface area contributed by atoms with Gasteiger partial charge in [-0.15, -0.1) is 0 Å². The van der Waals surface area contributed by atoms with Crippen molar-refractivity contribution in [2.24, 2.45) is 5.73 Å². The van der Waals surface area contributed by atoms with Gasteiger partial charge in [0.05, 0.1) is 11.9 Å². The Morgan fingerprint density at radius 2 is 2.06 bits per heavy atom. The third kappa shape index (κ3) is 3.42. The van der Waals surface area contributed by atoms with Crippen LogP contribution >= 0.6 is 0 Å². The normalized spacial score (nSPS) is 12.9. The molecule has 0 aliphatic carbocycles. The Kier molecular flexibility index (Phi) is 4.12. The lowest BCUT2D eigenvalue weighted by atomic mass is 10.3. The molecule has 1 aromatic carbocycles. The van der Waals surface area contributed by atoms with Crippen molar-refractivity contribution in [3.8, 4) is 5.69 Å². The summed E-state index contributed by atoms with van der Waals surface area (Å²) in [5.74, 6) is 0. The maximum Gasteiger partial charge on any atom is 0.0645 e. The minimum Gasteiger partial charge on any atom is -0.327 e.